The van der Waals surface area contributed by atoms with E-state index >= 15 is 0 Å². The molecule has 0 spiro atoms. The highest BCUT2D eigenvalue weighted by Gasteiger charge is 2.59. The van der Waals surface area contributed by atoms with Crippen molar-refractivity contribution in [2.45, 2.75) is 77.7 Å². The second kappa shape index (κ2) is 5.76. The zero-order chi connectivity index (χ0) is 16.2. The number of aliphatic hydroxyl groups excluding tert-OH is 1. The van der Waals surface area contributed by atoms with Gasteiger partial charge >= 0.3 is 0 Å². The Morgan fingerprint density at radius 1 is 1.04 bits per heavy atom. The molecule has 9 atom stereocenters. The lowest BCUT2D eigenvalue weighted by Crippen LogP contribution is -2.50. The van der Waals surface area contributed by atoms with Gasteiger partial charge in [-0.05, 0) is 85.9 Å². The van der Waals surface area contributed by atoms with Crippen molar-refractivity contribution in [3.63, 3.8) is 0 Å². The van der Waals surface area contributed by atoms with Gasteiger partial charge in [-0.25, -0.2) is 0 Å². The fraction of sp³-hybridized carbons (Fsp3) is 0.952. The minimum Gasteiger partial charge on any atom is -0.392 e. The third kappa shape index (κ3) is 2.22. The second-order valence-electron chi connectivity index (χ2n) is 9.40. The normalized spacial score (nSPS) is 55.4. The van der Waals surface area contributed by atoms with Crippen molar-refractivity contribution < 1.29 is 5.11 Å². The van der Waals surface area contributed by atoms with Crippen molar-refractivity contribution >= 4 is 0 Å². The number of nitrogens with zero attached hydrogens (tertiary/aromatic N) is 1. The summed E-state index contributed by atoms with van der Waals surface area (Å²) in [6, 6.07) is 2.64. The van der Waals surface area contributed by atoms with Gasteiger partial charge in [0.05, 0.1) is 12.2 Å². The largest absolute Gasteiger partial charge is 0.392 e. The fourth-order valence-electron chi connectivity index (χ4n) is 7.60. The first-order valence-electron chi connectivity index (χ1n) is 10.2. The third-order valence-electron chi connectivity index (χ3n) is 8.80. The van der Waals surface area contributed by atoms with Gasteiger partial charge in [0, 0.05) is 5.92 Å². The summed E-state index contributed by atoms with van der Waals surface area (Å²) in [5, 5.41) is 20.4. The number of hydrogen-bond acceptors (Lipinski definition) is 2. The second-order valence-corrected chi connectivity index (χ2v) is 9.40. The summed E-state index contributed by atoms with van der Waals surface area (Å²) in [7, 11) is 0. The van der Waals surface area contributed by atoms with Crippen molar-refractivity contribution in [3.05, 3.63) is 0 Å². The van der Waals surface area contributed by atoms with Gasteiger partial charge in [-0.15, -0.1) is 0 Å². The minimum absolute atomic E-state index is 0.0746. The first-order chi connectivity index (χ1) is 11.1. The van der Waals surface area contributed by atoms with Crippen LogP contribution in [0.5, 0.6) is 0 Å². The molecule has 0 aromatic heterocycles. The van der Waals surface area contributed by atoms with E-state index in [0.29, 0.717) is 17.8 Å². The van der Waals surface area contributed by atoms with E-state index in [1.807, 2.05) is 0 Å². The SMILES string of the molecule is CC[C@@H]1CC2C3CCC4C(C#N)CCCC4C3CC[C@]2(C)[C@H]1O. The molecule has 2 nitrogen and oxygen atoms in total. The molecule has 0 heterocycles. The Morgan fingerprint density at radius 2 is 1.78 bits per heavy atom. The smallest absolute Gasteiger partial charge is 0.0658 e. The lowest BCUT2D eigenvalue weighted by Gasteiger charge is -2.55. The fourth-order valence-corrected chi connectivity index (χ4v) is 7.60. The van der Waals surface area contributed by atoms with E-state index in [2.05, 4.69) is 19.9 Å². The van der Waals surface area contributed by atoms with E-state index in [4.69, 9.17) is 0 Å². The molecule has 23 heavy (non-hydrogen) atoms. The molecular weight excluding hydrogens is 282 g/mol. The molecule has 2 heteroatoms. The van der Waals surface area contributed by atoms with E-state index < -0.39 is 0 Å². The van der Waals surface area contributed by atoms with E-state index in [1.165, 1.54) is 44.9 Å². The minimum atomic E-state index is -0.0746. The van der Waals surface area contributed by atoms with Crippen LogP contribution in [-0.4, -0.2) is 11.2 Å². The molecular formula is C21H33NO. The summed E-state index contributed by atoms with van der Waals surface area (Å²) in [5.41, 5.74) is 0.179. The lowest BCUT2D eigenvalue weighted by molar-refractivity contribution is -0.0890. The van der Waals surface area contributed by atoms with Crippen LogP contribution in [0.3, 0.4) is 0 Å². The summed E-state index contributed by atoms with van der Waals surface area (Å²) in [6.45, 7) is 4.64. The van der Waals surface area contributed by atoms with Crippen LogP contribution in [0.4, 0.5) is 0 Å². The molecule has 0 aromatic carbocycles. The van der Waals surface area contributed by atoms with Crippen molar-refractivity contribution in [1.29, 1.82) is 5.26 Å². The standard InChI is InChI=1S/C21H33NO/c1-3-13-11-19-18-8-7-15-14(12-22)5-4-6-16(15)17(18)9-10-21(19,2)20(13)23/h13-20,23H,3-11H2,1-2H3/t13-,14?,15?,16?,17?,18?,19?,20+,21+/m1/s1. The molecule has 0 radical (unpaired) electrons. The number of nitriles is 1. The van der Waals surface area contributed by atoms with Crippen LogP contribution in [0, 0.1) is 58.2 Å². The maximum atomic E-state index is 10.9. The van der Waals surface area contributed by atoms with E-state index in [1.54, 1.807) is 0 Å². The highest BCUT2D eigenvalue weighted by atomic mass is 16.3. The molecule has 0 aromatic rings. The molecule has 128 valence electrons. The Labute approximate surface area is 141 Å². The summed E-state index contributed by atoms with van der Waals surface area (Å²) in [5.74, 6) is 4.79. The van der Waals surface area contributed by atoms with E-state index in [-0.39, 0.29) is 11.5 Å². The molecule has 1 N–H and O–H groups in total. The molecule has 4 aliphatic carbocycles. The Balaban J connectivity index is 1.59. The van der Waals surface area contributed by atoms with Crippen LogP contribution in [0.25, 0.3) is 0 Å². The number of fused-ring (bicyclic) bond motifs is 5. The molecule has 4 fully saturated rings. The zero-order valence-corrected chi connectivity index (χ0v) is 14.9. The first kappa shape index (κ1) is 15.9. The monoisotopic (exact) mass is 315 g/mol. The molecule has 0 amide bonds. The molecule has 0 saturated heterocycles. The van der Waals surface area contributed by atoms with Gasteiger partial charge in [-0.1, -0.05) is 26.7 Å². The van der Waals surface area contributed by atoms with Gasteiger partial charge in [0.2, 0.25) is 0 Å². The average Bonchev–Trinajstić information content (AvgIpc) is 2.85. The predicted octanol–water partition coefficient (Wildman–Crippen LogP) is 4.78. The number of rotatable bonds is 1. The molecule has 6 unspecified atom stereocenters. The number of hydrogen-bond donors (Lipinski definition) is 1. The molecule has 0 bridgehead atoms. The van der Waals surface area contributed by atoms with Crippen molar-refractivity contribution in [3.8, 4) is 6.07 Å². The highest BCUT2D eigenvalue weighted by Crippen LogP contribution is 2.64. The summed E-state index contributed by atoms with van der Waals surface area (Å²) < 4.78 is 0. The van der Waals surface area contributed by atoms with Crippen LogP contribution in [0.1, 0.15) is 71.6 Å². The van der Waals surface area contributed by atoms with Gasteiger partial charge in [0.25, 0.3) is 0 Å². The van der Waals surface area contributed by atoms with E-state index in [9.17, 15) is 10.4 Å². The summed E-state index contributed by atoms with van der Waals surface area (Å²) in [4.78, 5) is 0. The Kier molecular flexibility index (Phi) is 4.00. The first-order valence-corrected chi connectivity index (χ1v) is 10.2. The predicted molar refractivity (Wildman–Crippen MR) is 91.4 cm³/mol. The number of aliphatic hydroxyl groups is 1. The topological polar surface area (TPSA) is 44.0 Å². The van der Waals surface area contributed by atoms with Gasteiger partial charge in [-0.3, -0.25) is 0 Å². The van der Waals surface area contributed by atoms with Crippen molar-refractivity contribution in [1.82, 2.24) is 0 Å². The quantitative estimate of drug-likeness (QED) is 0.757. The van der Waals surface area contributed by atoms with Gasteiger partial charge in [-0.2, -0.15) is 5.26 Å². The van der Waals surface area contributed by atoms with Crippen LogP contribution in [0.2, 0.25) is 0 Å². The van der Waals surface area contributed by atoms with Crippen LogP contribution in [-0.2, 0) is 0 Å². The maximum Gasteiger partial charge on any atom is 0.0658 e. The van der Waals surface area contributed by atoms with Gasteiger partial charge < -0.3 is 5.11 Å². The molecule has 0 aliphatic heterocycles. The van der Waals surface area contributed by atoms with Crippen molar-refractivity contribution in [2.24, 2.45) is 46.8 Å². The maximum absolute atomic E-state index is 10.9. The zero-order valence-electron chi connectivity index (χ0n) is 14.9. The van der Waals surface area contributed by atoms with Gasteiger partial charge in [0.15, 0.2) is 0 Å². The average molecular weight is 316 g/mol. The molecule has 4 aliphatic rings. The van der Waals surface area contributed by atoms with Crippen molar-refractivity contribution in [2.75, 3.05) is 0 Å². The Morgan fingerprint density at radius 3 is 2.52 bits per heavy atom. The lowest BCUT2D eigenvalue weighted by atomic mass is 9.49. The molecule has 4 saturated carbocycles. The van der Waals surface area contributed by atoms with Gasteiger partial charge in [0.1, 0.15) is 0 Å². The Hall–Kier alpha value is -0.550. The van der Waals surface area contributed by atoms with Crippen LogP contribution < -0.4 is 0 Å². The van der Waals surface area contributed by atoms with E-state index in [0.717, 1.165) is 36.5 Å². The van der Waals surface area contributed by atoms with Crippen LogP contribution >= 0.6 is 0 Å². The third-order valence-corrected chi connectivity index (χ3v) is 8.80. The highest BCUT2D eigenvalue weighted by molar-refractivity contribution is 5.09. The molecule has 4 rings (SSSR count). The summed E-state index contributed by atoms with van der Waals surface area (Å²) in [6.07, 6.45) is 11.2. The summed E-state index contributed by atoms with van der Waals surface area (Å²) >= 11 is 0. The van der Waals surface area contributed by atoms with Crippen LogP contribution in [0.15, 0.2) is 0 Å². The Bertz CT molecular complexity index is 497.